The molecule has 0 bridgehead atoms. The summed E-state index contributed by atoms with van der Waals surface area (Å²) in [7, 11) is 0. The van der Waals surface area contributed by atoms with E-state index in [1.54, 1.807) is 35.0 Å². The van der Waals surface area contributed by atoms with Crippen molar-refractivity contribution < 1.29 is 8.78 Å². The van der Waals surface area contributed by atoms with Crippen LogP contribution in [0, 0.1) is 11.8 Å². The average Bonchev–Trinajstić information content (AvgIpc) is 3.32. The predicted molar refractivity (Wildman–Crippen MR) is 102 cm³/mol. The molecule has 3 aromatic heterocycles. The molecule has 28 heavy (non-hydrogen) atoms. The normalized spacial score (nSPS) is 16.8. The van der Waals surface area contributed by atoms with Crippen molar-refractivity contribution in [3.05, 3.63) is 78.1 Å². The van der Waals surface area contributed by atoms with Gasteiger partial charge in [0.05, 0.1) is 11.7 Å². The average molecular weight is 377 g/mol. The topological polar surface area (TPSA) is 46.3 Å². The van der Waals surface area contributed by atoms with E-state index in [-0.39, 0.29) is 11.9 Å². The van der Waals surface area contributed by atoms with Crippen LogP contribution in [-0.2, 0) is 0 Å². The van der Waals surface area contributed by atoms with Crippen LogP contribution in [0.3, 0.4) is 0 Å². The zero-order valence-corrected chi connectivity index (χ0v) is 15.0. The predicted octanol–water partition coefficient (Wildman–Crippen LogP) is 4.41. The van der Waals surface area contributed by atoms with E-state index < -0.39 is 5.95 Å². The molecule has 140 valence electrons. The van der Waals surface area contributed by atoms with Crippen molar-refractivity contribution in [1.29, 1.82) is 0 Å². The Bertz CT molecular complexity index is 1160. The molecule has 1 aromatic carbocycles. The van der Waals surface area contributed by atoms with Crippen LogP contribution in [0.1, 0.15) is 24.4 Å². The third-order valence-corrected chi connectivity index (χ3v) is 5.09. The van der Waals surface area contributed by atoms with Gasteiger partial charge >= 0.3 is 0 Å². The molecular weight excluding hydrogens is 360 g/mol. The lowest BCUT2D eigenvalue weighted by Gasteiger charge is -2.26. The maximum absolute atomic E-state index is 13.8. The molecule has 0 spiro atoms. The Hall–Kier alpha value is -3.35. The van der Waals surface area contributed by atoms with E-state index in [1.165, 1.54) is 12.1 Å². The number of hydrogen-bond donors (Lipinski definition) is 0. The quantitative estimate of drug-likeness (QED) is 0.496. The number of fused-ring (bicyclic) bond motifs is 1. The van der Waals surface area contributed by atoms with Crippen LogP contribution in [0.4, 0.5) is 14.6 Å². The van der Waals surface area contributed by atoms with Crippen LogP contribution in [0.15, 0.2) is 60.8 Å². The number of nitrogens with zero attached hydrogens (tertiary/aromatic N) is 5. The Morgan fingerprint density at radius 2 is 1.86 bits per heavy atom. The zero-order valence-electron chi connectivity index (χ0n) is 15.0. The summed E-state index contributed by atoms with van der Waals surface area (Å²) < 4.78 is 29.3. The summed E-state index contributed by atoms with van der Waals surface area (Å²) in [5.74, 6) is -0.131. The third-order valence-electron chi connectivity index (χ3n) is 5.09. The summed E-state index contributed by atoms with van der Waals surface area (Å²) in [5.41, 5.74) is 2.66. The van der Waals surface area contributed by atoms with Crippen molar-refractivity contribution in [3.63, 3.8) is 0 Å². The Labute approximate surface area is 160 Å². The first-order valence-corrected chi connectivity index (χ1v) is 9.19. The molecule has 4 aromatic rings. The third kappa shape index (κ3) is 2.79. The number of hydrogen-bond acceptors (Lipinski definition) is 4. The lowest BCUT2D eigenvalue weighted by atomic mass is 10.0. The van der Waals surface area contributed by atoms with E-state index in [2.05, 4.69) is 15.0 Å². The number of imidazole rings is 1. The highest BCUT2D eigenvalue weighted by Crippen LogP contribution is 2.40. The minimum absolute atomic E-state index is 0.00655. The first kappa shape index (κ1) is 16.8. The van der Waals surface area contributed by atoms with Crippen molar-refractivity contribution in [2.24, 2.45) is 0 Å². The van der Waals surface area contributed by atoms with Gasteiger partial charge in [0, 0.05) is 12.7 Å². The fourth-order valence-electron chi connectivity index (χ4n) is 3.92. The van der Waals surface area contributed by atoms with Crippen molar-refractivity contribution in [3.8, 4) is 11.4 Å². The Kier molecular flexibility index (Phi) is 4.00. The highest BCUT2D eigenvalue weighted by Gasteiger charge is 2.31. The number of pyridine rings is 1. The van der Waals surface area contributed by atoms with Crippen molar-refractivity contribution >= 4 is 11.5 Å². The van der Waals surface area contributed by atoms with Gasteiger partial charge in [-0.25, -0.2) is 18.9 Å². The van der Waals surface area contributed by atoms with Crippen LogP contribution < -0.4 is 4.90 Å². The molecule has 1 aliphatic heterocycles. The van der Waals surface area contributed by atoms with Crippen molar-refractivity contribution in [2.75, 3.05) is 11.4 Å². The largest absolute Gasteiger partial charge is 0.348 e. The van der Waals surface area contributed by atoms with E-state index in [0.29, 0.717) is 22.9 Å². The molecule has 1 fully saturated rings. The zero-order chi connectivity index (χ0) is 19.1. The molecule has 1 saturated heterocycles. The molecule has 0 N–H and O–H groups in total. The van der Waals surface area contributed by atoms with Crippen LogP contribution in [0.5, 0.6) is 0 Å². The lowest BCUT2D eigenvalue weighted by Crippen LogP contribution is -2.23. The van der Waals surface area contributed by atoms with E-state index in [0.717, 1.165) is 24.9 Å². The number of benzene rings is 1. The second-order valence-corrected chi connectivity index (χ2v) is 6.83. The van der Waals surface area contributed by atoms with Crippen molar-refractivity contribution in [1.82, 2.24) is 19.6 Å². The van der Waals surface area contributed by atoms with Gasteiger partial charge in [-0.15, -0.1) is 0 Å². The highest BCUT2D eigenvalue weighted by atomic mass is 19.1. The molecule has 0 radical (unpaired) electrons. The molecule has 5 nitrogen and oxygen atoms in total. The first-order valence-electron chi connectivity index (χ1n) is 9.19. The molecule has 5 rings (SSSR count). The fourth-order valence-corrected chi connectivity index (χ4v) is 3.92. The van der Waals surface area contributed by atoms with Gasteiger partial charge in [0.15, 0.2) is 11.5 Å². The maximum Gasteiger partial charge on any atom is 0.213 e. The second kappa shape index (κ2) is 6.67. The lowest BCUT2D eigenvalue weighted by molar-refractivity contribution is 0.585. The summed E-state index contributed by atoms with van der Waals surface area (Å²) in [5, 5.41) is 4.40. The van der Waals surface area contributed by atoms with E-state index in [4.69, 9.17) is 4.98 Å². The smallest absolute Gasteiger partial charge is 0.213 e. The molecule has 0 amide bonds. The molecule has 0 aliphatic carbocycles. The Morgan fingerprint density at radius 1 is 0.964 bits per heavy atom. The standard InChI is InChI=1S/C21H17F2N5/c22-15-6-1-5-14(13-15)17-8-4-12-27(17)21-20(16-7-2-9-18(23)25-16)28-19(26-21)10-3-11-24-28/h1-3,5-7,9-11,13,17H,4,8,12H2. The van der Waals surface area contributed by atoms with E-state index in [9.17, 15) is 8.78 Å². The first-order chi connectivity index (χ1) is 13.7. The number of halogens is 2. The van der Waals surface area contributed by atoms with Gasteiger partial charge in [0.2, 0.25) is 5.95 Å². The minimum Gasteiger partial charge on any atom is -0.348 e. The summed E-state index contributed by atoms with van der Waals surface area (Å²) in [6, 6.07) is 15.0. The van der Waals surface area contributed by atoms with Crippen LogP contribution in [0.25, 0.3) is 17.0 Å². The SMILES string of the molecule is Fc1cccc(C2CCCN2c2nc3cccnn3c2-c2cccc(F)n2)c1. The van der Waals surface area contributed by atoms with Gasteiger partial charge in [0.25, 0.3) is 0 Å². The fraction of sp³-hybridized carbons (Fsp3) is 0.190. The Morgan fingerprint density at radius 3 is 2.71 bits per heavy atom. The molecule has 4 heterocycles. The molecule has 1 aliphatic rings. The minimum atomic E-state index is -0.558. The molecule has 0 saturated carbocycles. The van der Waals surface area contributed by atoms with Gasteiger partial charge in [-0.1, -0.05) is 18.2 Å². The maximum atomic E-state index is 13.8. The van der Waals surface area contributed by atoms with Gasteiger partial charge in [-0.05, 0) is 54.8 Å². The van der Waals surface area contributed by atoms with Crippen LogP contribution in [0.2, 0.25) is 0 Å². The van der Waals surface area contributed by atoms with Gasteiger partial charge in [-0.2, -0.15) is 9.49 Å². The summed E-state index contributed by atoms with van der Waals surface area (Å²) in [4.78, 5) is 11.0. The molecular formula is C21H17F2N5. The number of rotatable bonds is 3. The summed E-state index contributed by atoms with van der Waals surface area (Å²) in [6.07, 6.45) is 3.51. The van der Waals surface area contributed by atoms with Gasteiger partial charge < -0.3 is 4.90 Å². The second-order valence-electron chi connectivity index (χ2n) is 6.83. The summed E-state index contributed by atoms with van der Waals surface area (Å²) in [6.45, 7) is 0.771. The Balaban J connectivity index is 1.69. The molecule has 7 heteroatoms. The summed E-state index contributed by atoms with van der Waals surface area (Å²) >= 11 is 0. The number of aromatic nitrogens is 4. The van der Waals surface area contributed by atoms with E-state index in [1.807, 2.05) is 18.2 Å². The monoisotopic (exact) mass is 377 g/mol. The molecule has 1 atom stereocenters. The highest BCUT2D eigenvalue weighted by molar-refractivity contribution is 5.75. The number of anilines is 1. The van der Waals surface area contributed by atoms with Gasteiger partial charge in [-0.3, -0.25) is 0 Å². The van der Waals surface area contributed by atoms with E-state index >= 15 is 0 Å². The molecule has 1 unspecified atom stereocenters. The van der Waals surface area contributed by atoms with Crippen molar-refractivity contribution in [2.45, 2.75) is 18.9 Å². The van der Waals surface area contributed by atoms with Gasteiger partial charge in [0.1, 0.15) is 11.5 Å². The van der Waals surface area contributed by atoms with Crippen LogP contribution >= 0.6 is 0 Å². The van der Waals surface area contributed by atoms with Crippen LogP contribution in [-0.4, -0.2) is 26.1 Å².